The average molecular weight is 344 g/mol. The van der Waals surface area contributed by atoms with Crippen LogP contribution in [0.25, 0.3) is 0 Å². The molecule has 0 aliphatic heterocycles. The van der Waals surface area contributed by atoms with Crippen LogP contribution >= 0.6 is 27.3 Å². The zero-order valence-electron chi connectivity index (χ0n) is 10.3. The van der Waals surface area contributed by atoms with Crippen molar-refractivity contribution in [2.24, 2.45) is 5.73 Å². The van der Waals surface area contributed by atoms with Gasteiger partial charge in [-0.1, -0.05) is 12.1 Å². The van der Waals surface area contributed by atoms with Crippen LogP contribution in [0.5, 0.6) is 0 Å². The Morgan fingerprint density at radius 1 is 1.37 bits per heavy atom. The standard InChI is InChI=1S/C14H15BrFNOS/c15-12-4-5-19-13(12)7-14(8-17,9-18)10-2-1-3-11(16)6-10/h1-6,18H,7-9,17H2. The number of rotatable bonds is 5. The molecule has 2 rings (SSSR count). The summed E-state index contributed by atoms with van der Waals surface area (Å²) in [5.74, 6) is -0.311. The molecule has 1 atom stereocenters. The van der Waals surface area contributed by atoms with E-state index in [1.807, 2.05) is 17.5 Å². The van der Waals surface area contributed by atoms with Gasteiger partial charge in [0.1, 0.15) is 5.82 Å². The quantitative estimate of drug-likeness (QED) is 0.876. The molecule has 0 aliphatic rings. The zero-order chi connectivity index (χ0) is 13.9. The van der Waals surface area contributed by atoms with Crippen LogP contribution in [0.2, 0.25) is 0 Å². The van der Waals surface area contributed by atoms with E-state index in [4.69, 9.17) is 5.73 Å². The molecule has 0 radical (unpaired) electrons. The van der Waals surface area contributed by atoms with Gasteiger partial charge in [-0.25, -0.2) is 4.39 Å². The third-order valence-electron chi connectivity index (χ3n) is 3.32. The van der Waals surface area contributed by atoms with Gasteiger partial charge in [-0.15, -0.1) is 11.3 Å². The van der Waals surface area contributed by atoms with E-state index in [-0.39, 0.29) is 19.0 Å². The van der Waals surface area contributed by atoms with Gasteiger partial charge >= 0.3 is 0 Å². The minimum absolute atomic E-state index is 0.114. The molecule has 1 heterocycles. The normalized spacial score (nSPS) is 14.3. The molecular weight excluding hydrogens is 329 g/mol. The highest BCUT2D eigenvalue weighted by atomic mass is 79.9. The molecule has 5 heteroatoms. The predicted octanol–water partition coefficient (Wildman–Crippen LogP) is 3.08. The van der Waals surface area contributed by atoms with E-state index in [0.717, 1.165) is 14.9 Å². The van der Waals surface area contributed by atoms with Crippen LogP contribution < -0.4 is 5.73 Å². The number of thiophene rings is 1. The molecule has 0 aliphatic carbocycles. The summed E-state index contributed by atoms with van der Waals surface area (Å²) >= 11 is 5.08. The Hall–Kier alpha value is -0.750. The maximum Gasteiger partial charge on any atom is 0.123 e. The monoisotopic (exact) mass is 343 g/mol. The van der Waals surface area contributed by atoms with Gasteiger partial charge < -0.3 is 10.8 Å². The number of benzene rings is 1. The number of hydrogen-bond acceptors (Lipinski definition) is 3. The summed E-state index contributed by atoms with van der Waals surface area (Å²) in [4.78, 5) is 1.10. The van der Waals surface area contributed by atoms with E-state index >= 15 is 0 Å². The first-order valence-electron chi connectivity index (χ1n) is 5.90. The lowest BCUT2D eigenvalue weighted by molar-refractivity contribution is 0.196. The molecule has 1 unspecified atom stereocenters. The van der Waals surface area contributed by atoms with E-state index in [1.165, 1.54) is 12.1 Å². The summed E-state index contributed by atoms with van der Waals surface area (Å²) in [5, 5.41) is 11.8. The third-order valence-corrected chi connectivity index (χ3v) is 5.25. The average Bonchev–Trinajstić information content (AvgIpc) is 2.81. The Bertz CT molecular complexity index is 554. The van der Waals surface area contributed by atoms with E-state index in [9.17, 15) is 9.50 Å². The highest BCUT2D eigenvalue weighted by molar-refractivity contribution is 9.10. The summed E-state index contributed by atoms with van der Waals surface area (Å²) in [6, 6.07) is 8.26. The summed E-state index contributed by atoms with van der Waals surface area (Å²) in [6.45, 7) is 0.147. The summed E-state index contributed by atoms with van der Waals surface area (Å²) in [5.41, 5.74) is 5.96. The Morgan fingerprint density at radius 3 is 2.68 bits per heavy atom. The topological polar surface area (TPSA) is 46.2 Å². The van der Waals surface area contributed by atoms with Crippen LogP contribution in [0.4, 0.5) is 4.39 Å². The van der Waals surface area contributed by atoms with Gasteiger partial charge in [0, 0.05) is 21.3 Å². The molecule has 0 fully saturated rings. The van der Waals surface area contributed by atoms with E-state index in [1.54, 1.807) is 17.4 Å². The van der Waals surface area contributed by atoms with Crippen molar-refractivity contribution in [2.45, 2.75) is 11.8 Å². The maximum absolute atomic E-state index is 13.4. The zero-order valence-corrected chi connectivity index (χ0v) is 12.7. The molecular formula is C14H15BrFNOS. The minimum Gasteiger partial charge on any atom is -0.395 e. The van der Waals surface area contributed by atoms with E-state index in [0.29, 0.717) is 6.42 Å². The van der Waals surface area contributed by atoms with Crippen molar-refractivity contribution in [2.75, 3.05) is 13.2 Å². The molecule has 0 bridgehead atoms. The molecule has 19 heavy (non-hydrogen) atoms. The lowest BCUT2D eigenvalue weighted by atomic mass is 9.78. The molecule has 2 nitrogen and oxygen atoms in total. The van der Waals surface area contributed by atoms with Crippen LogP contribution in [-0.4, -0.2) is 18.3 Å². The first kappa shape index (κ1) is 14.7. The highest BCUT2D eigenvalue weighted by Crippen LogP contribution is 2.33. The fraction of sp³-hybridized carbons (Fsp3) is 0.286. The number of aliphatic hydroxyl groups is 1. The van der Waals surface area contributed by atoms with Crippen molar-refractivity contribution < 1.29 is 9.50 Å². The molecule has 0 amide bonds. The Kier molecular flexibility index (Phi) is 4.73. The number of hydrogen-bond donors (Lipinski definition) is 2. The first-order chi connectivity index (χ1) is 9.11. The number of nitrogens with two attached hydrogens (primary N) is 1. The van der Waals surface area contributed by atoms with Gasteiger partial charge in [0.15, 0.2) is 0 Å². The predicted molar refractivity (Wildman–Crippen MR) is 79.9 cm³/mol. The number of aliphatic hydroxyl groups excluding tert-OH is 1. The molecule has 1 aromatic heterocycles. The lowest BCUT2D eigenvalue weighted by Gasteiger charge is -2.31. The van der Waals surface area contributed by atoms with Crippen LogP contribution in [0.1, 0.15) is 10.4 Å². The van der Waals surface area contributed by atoms with Crippen molar-refractivity contribution in [1.82, 2.24) is 0 Å². The van der Waals surface area contributed by atoms with Gasteiger partial charge in [-0.3, -0.25) is 0 Å². The van der Waals surface area contributed by atoms with Crippen molar-refractivity contribution in [1.29, 1.82) is 0 Å². The largest absolute Gasteiger partial charge is 0.395 e. The molecule has 102 valence electrons. The van der Waals surface area contributed by atoms with Crippen LogP contribution in [-0.2, 0) is 11.8 Å². The maximum atomic E-state index is 13.4. The van der Waals surface area contributed by atoms with Gasteiger partial charge in [-0.05, 0) is 51.5 Å². The lowest BCUT2D eigenvalue weighted by Crippen LogP contribution is -2.41. The molecule has 1 aromatic carbocycles. The second-order valence-electron chi connectivity index (χ2n) is 4.52. The molecule has 0 saturated carbocycles. The van der Waals surface area contributed by atoms with E-state index < -0.39 is 5.41 Å². The third kappa shape index (κ3) is 3.05. The van der Waals surface area contributed by atoms with Gasteiger partial charge in [0.2, 0.25) is 0 Å². The van der Waals surface area contributed by atoms with Gasteiger partial charge in [0.25, 0.3) is 0 Å². The SMILES string of the molecule is NCC(CO)(Cc1sccc1Br)c1cccc(F)c1. The summed E-state index contributed by atoms with van der Waals surface area (Å²) in [6.07, 6.45) is 0.585. The van der Waals surface area contributed by atoms with Crippen LogP contribution in [0, 0.1) is 5.82 Å². The smallest absolute Gasteiger partial charge is 0.123 e. The fourth-order valence-corrected chi connectivity index (χ4v) is 3.72. The molecule has 0 saturated heterocycles. The van der Waals surface area contributed by atoms with Crippen LogP contribution in [0.15, 0.2) is 40.2 Å². The Balaban J connectivity index is 2.40. The van der Waals surface area contributed by atoms with Crippen molar-refractivity contribution in [3.05, 3.63) is 56.4 Å². The first-order valence-corrected chi connectivity index (χ1v) is 7.57. The van der Waals surface area contributed by atoms with E-state index in [2.05, 4.69) is 15.9 Å². The van der Waals surface area contributed by atoms with Crippen LogP contribution in [0.3, 0.4) is 0 Å². The summed E-state index contributed by atoms with van der Waals surface area (Å²) in [7, 11) is 0. The van der Waals surface area contributed by atoms with Crippen molar-refractivity contribution >= 4 is 27.3 Å². The number of halogens is 2. The Labute approximate surface area is 124 Å². The second-order valence-corrected chi connectivity index (χ2v) is 6.38. The van der Waals surface area contributed by atoms with Crippen molar-refractivity contribution in [3.63, 3.8) is 0 Å². The second kappa shape index (κ2) is 6.13. The molecule has 0 spiro atoms. The van der Waals surface area contributed by atoms with Gasteiger partial charge in [-0.2, -0.15) is 0 Å². The van der Waals surface area contributed by atoms with Gasteiger partial charge in [0.05, 0.1) is 6.61 Å². The summed E-state index contributed by atoms with van der Waals surface area (Å²) < 4.78 is 14.4. The molecule has 3 N–H and O–H groups in total. The highest BCUT2D eigenvalue weighted by Gasteiger charge is 2.32. The Morgan fingerprint density at radius 2 is 2.16 bits per heavy atom. The fourth-order valence-electron chi connectivity index (χ4n) is 2.08. The molecule has 2 aromatic rings. The van der Waals surface area contributed by atoms with Crippen molar-refractivity contribution in [3.8, 4) is 0 Å². The minimum atomic E-state index is -0.643.